The fourth-order valence-electron chi connectivity index (χ4n) is 1.87. The Bertz CT molecular complexity index is 323. The second kappa shape index (κ2) is 6.04. The predicted molar refractivity (Wildman–Crippen MR) is 65.0 cm³/mol. The lowest BCUT2D eigenvalue weighted by Gasteiger charge is -2.29. The quantitative estimate of drug-likeness (QED) is 0.545. The molecule has 0 spiro atoms. The van der Waals surface area contributed by atoms with Crippen molar-refractivity contribution in [2.24, 2.45) is 4.99 Å². The number of carbonyl (C=O) groups excluding carboxylic acids is 1. The number of amides is 1. The Balaban J connectivity index is 2.47. The van der Waals surface area contributed by atoms with Gasteiger partial charge in [-0.25, -0.2) is 0 Å². The minimum Gasteiger partial charge on any atom is -0.595 e. The van der Waals surface area contributed by atoms with Gasteiger partial charge < -0.3 is 19.8 Å². The Labute approximate surface area is 107 Å². The zero-order chi connectivity index (χ0) is 13.8. The van der Waals surface area contributed by atoms with Gasteiger partial charge in [-0.15, -0.1) is 0 Å². The SMILES string of the molecule is CC(C)(C)OC([O-])=NCC(=O)N1CCC[C@H]1CO. The third kappa shape index (κ3) is 4.52. The van der Waals surface area contributed by atoms with Gasteiger partial charge in [-0.1, -0.05) is 20.8 Å². The van der Waals surface area contributed by atoms with E-state index in [1.165, 1.54) is 0 Å². The molecule has 0 radical (unpaired) electrons. The number of ether oxygens (including phenoxy) is 1. The van der Waals surface area contributed by atoms with Gasteiger partial charge in [0, 0.05) is 12.1 Å². The lowest BCUT2D eigenvalue weighted by molar-refractivity contribution is -0.260. The Morgan fingerprint density at radius 2 is 2.22 bits per heavy atom. The number of hydrogen-bond donors (Lipinski definition) is 1. The van der Waals surface area contributed by atoms with Crippen molar-refractivity contribution in [2.45, 2.75) is 45.3 Å². The molecule has 1 fully saturated rings. The molecular weight excluding hydrogens is 236 g/mol. The average Bonchev–Trinajstić information content (AvgIpc) is 2.71. The van der Waals surface area contributed by atoms with Crippen LogP contribution >= 0.6 is 0 Å². The number of aliphatic hydroxyl groups is 1. The van der Waals surface area contributed by atoms with Crippen molar-refractivity contribution in [3.8, 4) is 0 Å². The van der Waals surface area contributed by atoms with E-state index >= 15 is 0 Å². The van der Waals surface area contributed by atoms with Gasteiger partial charge in [0.05, 0.1) is 12.6 Å². The average molecular weight is 257 g/mol. The standard InChI is InChI=1S/C12H22N2O4/c1-12(2,3)18-11(17)13-7-10(16)14-6-4-5-9(14)8-15/h9,15H,4-8H2,1-3H3,(H,13,17)/p-1/t9-/m0/s1. The summed E-state index contributed by atoms with van der Waals surface area (Å²) in [7, 11) is 0. The Kier molecular flexibility index (Phi) is 4.95. The van der Waals surface area contributed by atoms with Crippen molar-refractivity contribution in [2.75, 3.05) is 19.7 Å². The van der Waals surface area contributed by atoms with Crippen molar-refractivity contribution >= 4 is 12.0 Å². The van der Waals surface area contributed by atoms with Crippen LogP contribution in [0, 0.1) is 0 Å². The first-order chi connectivity index (χ1) is 8.33. The predicted octanol–water partition coefficient (Wildman–Crippen LogP) is -0.499. The molecule has 18 heavy (non-hydrogen) atoms. The highest BCUT2D eigenvalue weighted by atomic mass is 16.6. The third-order valence-corrected chi connectivity index (χ3v) is 2.65. The third-order valence-electron chi connectivity index (χ3n) is 2.65. The van der Waals surface area contributed by atoms with Gasteiger partial charge >= 0.3 is 0 Å². The summed E-state index contributed by atoms with van der Waals surface area (Å²) in [6, 6.07) is -0.133. The van der Waals surface area contributed by atoms with E-state index in [0.29, 0.717) is 6.54 Å². The van der Waals surface area contributed by atoms with Crippen LogP contribution in [0.5, 0.6) is 0 Å². The number of aliphatic hydroxyl groups excluding tert-OH is 1. The maximum atomic E-state index is 11.8. The van der Waals surface area contributed by atoms with Crippen molar-refractivity contribution in [1.82, 2.24) is 4.90 Å². The van der Waals surface area contributed by atoms with Crippen LogP contribution in [0.4, 0.5) is 0 Å². The van der Waals surface area contributed by atoms with Gasteiger partial charge in [0.15, 0.2) is 0 Å². The van der Waals surface area contributed by atoms with Gasteiger partial charge in [-0.3, -0.25) is 9.79 Å². The summed E-state index contributed by atoms with van der Waals surface area (Å²) >= 11 is 0. The molecule has 104 valence electrons. The molecule has 6 nitrogen and oxygen atoms in total. The van der Waals surface area contributed by atoms with Gasteiger partial charge in [-0.2, -0.15) is 0 Å². The fourth-order valence-corrected chi connectivity index (χ4v) is 1.87. The summed E-state index contributed by atoms with van der Waals surface area (Å²) < 4.78 is 4.98. The highest BCUT2D eigenvalue weighted by Gasteiger charge is 2.27. The maximum absolute atomic E-state index is 11.8. The summed E-state index contributed by atoms with van der Waals surface area (Å²) in [4.78, 5) is 17.0. The molecule has 1 rings (SSSR count). The molecule has 0 bridgehead atoms. The first-order valence-corrected chi connectivity index (χ1v) is 6.14. The molecule has 6 heteroatoms. The molecule has 1 atom stereocenters. The monoisotopic (exact) mass is 257 g/mol. The van der Waals surface area contributed by atoms with Crippen LogP contribution in [0.3, 0.4) is 0 Å². The molecule has 0 unspecified atom stereocenters. The van der Waals surface area contributed by atoms with E-state index < -0.39 is 11.7 Å². The molecule has 1 aliphatic rings. The van der Waals surface area contributed by atoms with Gasteiger partial charge in [0.25, 0.3) is 0 Å². The second-order valence-corrected chi connectivity index (χ2v) is 5.36. The van der Waals surface area contributed by atoms with Gasteiger partial charge in [0.2, 0.25) is 5.91 Å². The first kappa shape index (κ1) is 14.8. The van der Waals surface area contributed by atoms with Crippen LogP contribution in [-0.4, -0.2) is 53.3 Å². The Hall–Kier alpha value is -1.30. The smallest absolute Gasteiger partial charge is 0.244 e. The second-order valence-electron chi connectivity index (χ2n) is 5.36. The van der Waals surface area contributed by atoms with Gasteiger partial charge in [0.1, 0.15) is 12.6 Å². The van der Waals surface area contributed by atoms with Crippen LogP contribution in [0.25, 0.3) is 0 Å². The van der Waals surface area contributed by atoms with Crippen molar-refractivity contribution in [3.05, 3.63) is 0 Å². The number of rotatable bonds is 3. The topological polar surface area (TPSA) is 85.2 Å². The Morgan fingerprint density at radius 1 is 1.56 bits per heavy atom. The number of aliphatic imine (C=N–C) groups is 1. The summed E-state index contributed by atoms with van der Waals surface area (Å²) in [6.45, 7) is 5.58. The highest BCUT2D eigenvalue weighted by molar-refractivity contribution is 5.80. The molecule has 1 amide bonds. The summed E-state index contributed by atoms with van der Waals surface area (Å²) in [5.41, 5.74) is -0.606. The first-order valence-electron chi connectivity index (χ1n) is 6.14. The normalized spacial score (nSPS) is 21.2. The largest absolute Gasteiger partial charge is 0.595 e. The number of likely N-dealkylation sites (tertiary alicyclic amines) is 1. The van der Waals surface area contributed by atoms with Crippen LogP contribution in [0.2, 0.25) is 0 Å². The number of hydrogen-bond acceptors (Lipinski definition) is 5. The lowest BCUT2D eigenvalue weighted by Crippen LogP contribution is -2.40. The lowest BCUT2D eigenvalue weighted by atomic mass is 10.2. The van der Waals surface area contributed by atoms with E-state index in [4.69, 9.17) is 9.84 Å². The minimum absolute atomic E-state index is 0.0435. The molecular formula is C12H21N2O4-. The van der Waals surface area contributed by atoms with Crippen molar-refractivity contribution < 1.29 is 19.7 Å². The van der Waals surface area contributed by atoms with E-state index in [1.54, 1.807) is 25.7 Å². The number of nitrogens with zero attached hydrogens (tertiary/aromatic N) is 2. The summed E-state index contributed by atoms with van der Waals surface area (Å²) in [5, 5.41) is 20.4. The van der Waals surface area contributed by atoms with E-state index in [1.807, 2.05) is 0 Å². The van der Waals surface area contributed by atoms with Crippen LogP contribution in [-0.2, 0) is 9.53 Å². The molecule has 1 saturated heterocycles. The van der Waals surface area contributed by atoms with Crippen molar-refractivity contribution in [3.63, 3.8) is 0 Å². The summed E-state index contributed by atoms with van der Waals surface area (Å²) in [6.07, 6.45) is 0.952. The molecule has 0 aromatic rings. The van der Waals surface area contributed by atoms with Crippen LogP contribution in [0.1, 0.15) is 33.6 Å². The minimum atomic E-state index is -0.726. The zero-order valence-electron chi connectivity index (χ0n) is 11.2. The van der Waals surface area contributed by atoms with E-state index in [0.717, 1.165) is 12.8 Å². The van der Waals surface area contributed by atoms with Gasteiger partial charge in [-0.05, 0) is 12.8 Å². The number of carbonyl (C=O) groups is 1. The van der Waals surface area contributed by atoms with E-state index in [-0.39, 0.29) is 25.1 Å². The fraction of sp³-hybridized carbons (Fsp3) is 0.833. The molecule has 1 heterocycles. The molecule has 0 aliphatic carbocycles. The summed E-state index contributed by atoms with van der Waals surface area (Å²) in [5.74, 6) is -0.239. The molecule has 0 aromatic carbocycles. The van der Waals surface area contributed by atoms with Crippen LogP contribution in [0.15, 0.2) is 4.99 Å². The highest BCUT2D eigenvalue weighted by Crippen LogP contribution is 2.16. The molecule has 1 aliphatic heterocycles. The zero-order valence-corrected chi connectivity index (χ0v) is 11.2. The van der Waals surface area contributed by atoms with Crippen LogP contribution < -0.4 is 5.11 Å². The maximum Gasteiger partial charge on any atom is 0.244 e. The van der Waals surface area contributed by atoms with Crippen molar-refractivity contribution in [1.29, 1.82) is 0 Å². The van der Waals surface area contributed by atoms with E-state index in [9.17, 15) is 9.90 Å². The molecule has 0 saturated carbocycles. The molecule has 1 N–H and O–H groups in total. The molecule has 0 aromatic heterocycles. The van der Waals surface area contributed by atoms with E-state index in [2.05, 4.69) is 4.99 Å². The Morgan fingerprint density at radius 3 is 2.78 bits per heavy atom.